The van der Waals surface area contributed by atoms with Gasteiger partial charge in [0.05, 0.1) is 27.6 Å². The first-order chi connectivity index (χ1) is 17.5. The zero-order chi connectivity index (χ0) is 24.4. The molecule has 1 amide bonds. The lowest BCUT2D eigenvalue weighted by atomic mass is 9.88. The van der Waals surface area contributed by atoms with E-state index in [-0.39, 0.29) is 12.1 Å². The van der Waals surface area contributed by atoms with E-state index < -0.39 is 11.3 Å². The van der Waals surface area contributed by atoms with Crippen LogP contribution in [0.5, 0.6) is 0 Å². The smallest absolute Gasteiger partial charge is 0.252 e. The summed E-state index contributed by atoms with van der Waals surface area (Å²) >= 11 is 0. The summed E-state index contributed by atoms with van der Waals surface area (Å²) < 4.78 is 11.4. The van der Waals surface area contributed by atoms with Gasteiger partial charge in [0.2, 0.25) is 0 Å². The van der Waals surface area contributed by atoms with Gasteiger partial charge in [-0.05, 0) is 37.6 Å². The number of benzene rings is 3. The zero-order valence-corrected chi connectivity index (χ0v) is 20.4. The molecule has 3 N–H and O–H groups in total. The summed E-state index contributed by atoms with van der Waals surface area (Å²) in [4.78, 5) is 13.3. The molecule has 2 bridgehead atoms. The van der Waals surface area contributed by atoms with Gasteiger partial charge in [-0.25, -0.2) is 0 Å². The SMILES string of the molecule is CCCNCC1(O)C[C@@H]2O[C@]1(C)n1c3ccccc3c3c4c(c5c6ccccc6n2c5c31)C(=O)NC4. The molecule has 2 aromatic heterocycles. The number of carbonyl (C=O) groups is 1. The van der Waals surface area contributed by atoms with Gasteiger partial charge in [-0.3, -0.25) is 4.79 Å². The molecule has 5 aromatic rings. The van der Waals surface area contributed by atoms with Crippen molar-refractivity contribution in [2.45, 2.75) is 50.8 Å². The van der Waals surface area contributed by atoms with Crippen LogP contribution in [0.1, 0.15) is 48.8 Å². The molecule has 1 unspecified atom stereocenters. The van der Waals surface area contributed by atoms with Crippen molar-refractivity contribution in [3.63, 3.8) is 0 Å². The lowest BCUT2D eigenvalue weighted by Gasteiger charge is -2.40. The van der Waals surface area contributed by atoms with E-state index in [0.717, 1.165) is 67.7 Å². The summed E-state index contributed by atoms with van der Waals surface area (Å²) in [6.45, 7) is 5.93. The van der Waals surface area contributed by atoms with E-state index in [1.54, 1.807) is 0 Å². The van der Waals surface area contributed by atoms with Crippen molar-refractivity contribution >= 4 is 49.5 Å². The first kappa shape index (κ1) is 20.8. The van der Waals surface area contributed by atoms with E-state index in [2.05, 4.69) is 51.0 Å². The van der Waals surface area contributed by atoms with Crippen LogP contribution >= 0.6 is 0 Å². The zero-order valence-electron chi connectivity index (χ0n) is 20.4. The summed E-state index contributed by atoms with van der Waals surface area (Å²) in [6.07, 6.45) is 1.08. The van der Waals surface area contributed by atoms with E-state index >= 15 is 0 Å². The van der Waals surface area contributed by atoms with Gasteiger partial charge in [-0.15, -0.1) is 0 Å². The van der Waals surface area contributed by atoms with Crippen molar-refractivity contribution in [1.29, 1.82) is 0 Å². The molecule has 7 nitrogen and oxygen atoms in total. The number of carbonyl (C=O) groups excluding carboxylic acids is 1. The van der Waals surface area contributed by atoms with E-state index in [1.807, 2.05) is 31.2 Å². The second-order valence-electron chi connectivity index (χ2n) is 10.7. The fourth-order valence-electron chi connectivity index (χ4n) is 7.23. The van der Waals surface area contributed by atoms with Crippen molar-refractivity contribution in [2.24, 2.45) is 0 Å². The Hall–Kier alpha value is -3.39. The third-order valence-corrected chi connectivity index (χ3v) is 8.82. The summed E-state index contributed by atoms with van der Waals surface area (Å²) in [5.41, 5.74) is 3.77. The molecule has 36 heavy (non-hydrogen) atoms. The maximum Gasteiger partial charge on any atom is 0.252 e. The number of amides is 1. The Morgan fingerprint density at radius 3 is 2.58 bits per heavy atom. The molecule has 3 aliphatic rings. The molecule has 3 atom stereocenters. The number of aliphatic hydroxyl groups is 1. The average molecular weight is 481 g/mol. The van der Waals surface area contributed by atoms with Gasteiger partial charge < -0.3 is 29.6 Å². The fourth-order valence-corrected chi connectivity index (χ4v) is 7.23. The molecular weight excluding hydrogens is 452 g/mol. The van der Waals surface area contributed by atoms with Gasteiger partial charge >= 0.3 is 0 Å². The van der Waals surface area contributed by atoms with E-state index in [4.69, 9.17) is 4.74 Å². The molecule has 0 spiro atoms. The van der Waals surface area contributed by atoms with Crippen LogP contribution < -0.4 is 10.6 Å². The van der Waals surface area contributed by atoms with Crippen LogP contribution in [-0.4, -0.2) is 38.8 Å². The molecule has 1 fully saturated rings. The first-order valence-corrected chi connectivity index (χ1v) is 12.9. The number of hydrogen-bond acceptors (Lipinski definition) is 4. The number of rotatable bonds is 4. The van der Waals surface area contributed by atoms with Crippen LogP contribution in [0.25, 0.3) is 43.6 Å². The third kappa shape index (κ3) is 2.19. The van der Waals surface area contributed by atoms with Crippen LogP contribution in [0.2, 0.25) is 0 Å². The second-order valence-corrected chi connectivity index (χ2v) is 10.7. The van der Waals surface area contributed by atoms with Crippen LogP contribution in [0.4, 0.5) is 0 Å². The summed E-state index contributed by atoms with van der Waals surface area (Å²) in [7, 11) is 0. The molecule has 3 aliphatic heterocycles. The van der Waals surface area contributed by atoms with Gasteiger partial charge in [-0.2, -0.15) is 0 Å². The minimum atomic E-state index is -1.13. The maximum atomic E-state index is 13.3. The second kappa shape index (κ2) is 6.68. The Labute approximate surface area is 207 Å². The van der Waals surface area contributed by atoms with Gasteiger partial charge in [-0.1, -0.05) is 43.3 Å². The highest BCUT2D eigenvalue weighted by molar-refractivity contribution is 6.31. The van der Waals surface area contributed by atoms with Crippen molar-refractivity contribution in [1.82, 2.24) is 19.8 Å². The molecule has 182 valence electrons. The molecular formula is C29H28N4O3. The quantitative estimate of drug-likeness (QED) is 0.331. The van der Waals surface area contributed by atoms with Gasteiger partial charge in [0.25, 0.3) is 5.91 Å². The number of ether oxygens (including phenoxy) is 1. The Balaban J connectivity index is 1.63. The minimum Gasteiger partial charge on any atom is -0.383 e. The number of hydrogen-bond donors (Lipinski definition) is 3. The normalized spacial score (nSPS) is 26.5. The summed E-state index contributed by atoms with van der Waals surface area (Å²) in [6, 6.07) is 16.6. The number of fused-ring (bicyclic) bond motifs is 13. The Bertz CT molecular complexity index is 1780. The highest BCUT2D eigenvalue weighted by atomic mass is 16.6. The third-order valence-electron chi connectivity index (χ3n) is 8.82. The number of nitrogens with one attached hydrogen (secondary N) is 2. The first-order valence-electron chi connectivity index (χ1n) is 12.9. The van der Waals surface area contributed by atoms with E-state index in [9.17, 15) is 9.90 Å². The van der Waals surface area contributed by atoms with Gasteiger partial charge in [0.15, 0.2) is 5.72 Å². The van der Waals surface area contributed by atoms with Crippen LogP contribution in [0, 0.1) is 0 Å². The highest BCUT2D eigenvalue weighted by Crippen LogP contribution is 2.57. The summed E-state index contributed by atoms with van der Waals surface area (Å²) in [5, 5.41) is 23.1. The van der Waals surface area contributed by atoms with E-state index in [1.165, 1.54) is 0 Å². The molecule has 1 saturated heterocycles. The van der Waals surface area contributed by atoms with Crippen molar-refractivity contribution in [3.05, 3.63) is 59.7 Å². The van der Waals surface area contributed by atoms with Gasteiger partial charge in [0.1, 0.15) is 11.8 Å². The highest BCUT2D eigenvalue weighted by Gasteiger charge is 2.60. The van der Waals surface area contributed by atoms with E-state index in [0.29, 0.717) is 19.5 Å². The predicted octanol–water partition coefficient (Wildman–Crippen LogP) is 4.48. The average Bonchev–Trinajstić information content (AvgIpc) is 3.56. The monoisotopic (exact) mass is 480 g/mol. The van der Waals surface area contributed by atoms with Crippen molar-refractivity contribution in [2.75, 3.05) is 13.1 Å². The fraction of sp³-hybridized carbons (Fsp3) is 0.345. The Morgan fingerprint density at radius 1 is 1.08 bits per heavy atom. The predicted molar refractivity (Wildman–Crippen MR) is 140 cm³/mol. The Kier molecular flexibility index (Phi) is 3.85. The molecule has 0 radical (unpaired) electrons. The van der Waals surface area contributed by atoms with Crippen LogP contribution in [-0.2, 0) is 17.0 Å². The van der Waals surface area contributed by atoms with Crippen molar-refractivity contribution < 1.29 is 14.6 Å². The molecule has 8 rings (SSSR count). The lowest BCUT2D eigenvalue weighted by molar-refractivity contribution is -0.175. The number of aromatic nitrogens is 2. The van der Waals surface area contributed by atoms with Crippen LogP contribution in [0.15, 0.2) is 48.5 Å². The molecule has 0 saturated carbocycles. The van der Waals surface area contributed by atoms with Crippen molar-refractivity contribution in [3.8, 4) is 0 Å². The molecule has 0 aliphatic carbocycles. The number of nitrogens with zero attached hydrogens (tertiary/aromatic N) is 2. The minimum absolute atomic E-state index is 0.0200. The topological polar surface area (TPSA) is 80.4 Å². The lowest BCUT2D eigenvalue weighted by Crippen LogP contribution is -2.56. The number of para-hydroxylation sites is 2. The Morgan fingerprint density at radius 2 is 1.81 bits per heavy atom. The maximum absolute atomic E-state index is 13.3. The summed E-state index contributed by atoms with van der Waals surface area (Å²) in [5.74, 6) is -0.0200. The standard InChI is InChI=1S/C29H28N4O3/c1-3-12-30-15-29(35)13-21-32-19-10-6-4-8-16(19)23-24-18(14-31-27(24)34)22-17-9-5-7-11-20(17)33(26(22)25(23)32)28(29,2)36-21/h4-11,21,30,35H,3,12-15H2,1-2H3,(H,31,34)/t21-,28-,29?/m0/s1. The van der Waals surface area contributed by atoms with Gasteiger partial charge in [0, 0.05) is 41.1 Å². The molecule has 5 heterocycles. The van der Waals surface area contributed by atoms with Crippen LogP contribution in [0.3, 0.4) is 0 Å². The molecule has 3 aromatic carbocycles. The largest absolute Gasteiger partial charge is 0.383 e. The molecule has 7 heteroatoms.